The molecule has 1 saturated heterocycles. The van der Waals surface area contributed by atoms with Crippen molar-refractivity contribution in [3.63, 3.8) is 0 Å². The van der Waals surface area contributed by atoms with Gasteiger partial charge in [-0.3, -0.25) is 4.90 Å². The van der Waals surface area contributed by atoms with Gasteiger partial charge in [0.15, 0.2) is 0 Å². The Hall–Kier alpha value is -0.860. The predicted molar refractivity (Wildman–Crippen MR) is 70.6 cm³/mol. The van der Waals surface area contributed by atoms with Crippen LogP contribution >= 0.6 is 0 Å². The van der Waals surface area contributed by atoms with Gasteiger partial charge in [-0.05, 0) is 12.5 Å². The van der Waals surface area contributed by atoms with Gasteiger partial charge < -0.3 is 5.32 Å². The monoisotopic (exact) mass is 220 g/mol. The molecule has 0 saturated carbocycles. The summed E-state index contributed by atoms with van der Waals surface area (Å²) in [6.07, 6.45) is 0. The number of piperazine rings is 1. The lowest BCUT2D eigenvalue weighted by Crippen LogP contribution is -2.44. The minimum Gasteiger partial charge on any atom is -0.314 e. The number of hydrogen-bond acceptors (Lipinski definition) is 2. The normalized spacial score (nSPS) is 18.4. The number of rotatable bonds is 2. The third-order valence-corrected chi connectivity index (χ3v) is 2.98. The Labute approximate surface area is 99.7 Å². The van der Waals surface area contributed by atoms with E-state index in [9.17, 15) is 0 Å². The van der Waals surface area contributed by atoms with E-state index in [-0.39, 0.29) is 0 Å². The second kappa shape index (κ2) is 7.42. The van der Waals surface area contributed by atoms with Crippen LogP contribution in [0, 0.1) is 0 Å². The summed E-state index contributed by atoms with van der Waals surface area (Å²) in [5, 5.41) is 3.38. The van der Waals surface area contributed by atoms with Gasteiger partial charge in [0.1, 0.15) is 0 Å². The van der Waals surface area contributed by atoms with Crippen LogP contribution in [0.3, 0.4) is 0 Å². The van der Waals surface area contributed by atoms with Crippen LogP contribution in [0.5, 0.6) is 0 Å². The highest BCUT2D eigenvalue weighted by atomic mass is 15.2. The fraction of sp³-hybridized carbons (Fsp3) is 0.571. The Morgan fingerprint density at radius 1 is 1.06 bits per heavy atom. The summed E-state index contributed by atoms with van der Waals surface area (Å²) in [7, 11) is 0. The average molecular weight is 220 g/mol. The SMILES string of the molecule is CC.CC(c1ccccc1)N1CCNCC1. The molecule has 2 heteroatoms. The van der Waals surface area contributed by atoms with Crippen LogP contribution in [0.1, 0.15) is 32.4 Å². The Bertz CT molecular complexity index is 265. The van der Waals surface area contributed by atoms with E-state index in [0.29, 0.717) is 6.04 Å². The number of nitrogens with one attached hydrogen (secondary N) is 1. The van der Waals surface area contributed by atoms with Crippen LogP contribution in [-0.2, 0) is 0 Å². The largest absolute Gasteiger partial charge is 0.314 e. The lowest BCUT2D eigenvalue weighted by Gasteiger charge is -2.33. The van der Waals surface area contributed by atoms with E-state index in [4.69, 9.17) is 0 Å². The summed E-state index contributed by atoms with van der Waals surface area (Å²) in [4.78, 5) is 2.53. The van der Waals surface area contributed by atoms with Crippen molar-refractivity contribution < 1.29 is 0 Å². The molecule has 1 aliphatic rings. The van der Waals surface area contributed by atoms with Crippen LogP contribution in [0.2, 0.25) is 0 Å². The van der Waals surface area contributed by atoms with Crippen LogP contribution < -0.4 is 5.32 Å². The molecule has 1 aromatic carbocycles. The van der Waals surface area contributed by atoms with Crippen LogP contribution in [0.25, 0.3) is 0 Å². The van der Waals surface area contributed by atoms with E-state index in [2.05, 4.69) is 47.5 Å². The number of benzene rings is 1. The molecule has 0 amide bonds. The van der Waals surface area contributed by atoms with Crippen LogP contribution in [-0.4, -0.2) is 31.1 Å². The third kappa shape index (κ3) is 3.62. The minimum absolute atomic E-state index is 0.554. The van der Waals surface area contributed by atoms with Crippen molar-refractivity contribution in [2.24, 2.45) is 0 Å². The molecule has 0 aliphatic carbocycles. The first-order valence-electron chi connectivity index (χ1n) is 6.37. The van der Waals surface area contributed by atoms with Gasteiger partial charge in [-0.1, -0.05) is 44.2 Å². The van der Waals surface area contributed by atoms with Gasteiger partial charge in [-0.25, -0.2) is 0 Å². The van der Waals surface area contributed by atoms with Crippen molar-refractivity contribution in [1.82, 2.24) is 10.2 Å². The molecule has 0 aromatic heterocycles. The Morgan fingerprint density at radius 2 is 1.62 bits per heavy atom. The lowest BCUT2D eigenvalue weighted by molar-refractivity contribution is 0.185. The summed E-state index contributed by atoms with van der Waals surface area (Å²) in [6.45, 7) is 10.9. The molecular formula is C14H24N2. The van der Waals surface area contributed by atoms with E-state index in [1.807, 2.05) is 13.8 Å². The first-order valence-corrected chi connectivity index (χ1v) is 6.37. The highest BCUT2D eigenvalue weighted by Gasteiger charge is 2.16. The summed E-state index contributed by atoms with van der Waals surface area (Å²) in [5.74, 6) is 0. The van der Waals surface area contributed by atoms with E-state index in [1.165, 1.54) is 5.56 Å². The van der Waals surface area contributed by atoms with E-state index < -0.39 is 0 Å². The highest BCUT2D eigenvalue weighted by molar-refractivity contribution is 5.18. The molecule has 2 rings (SSSR count). The van der Waals surface area contributed by atoms with Gasteiger partial charge in [-0.15, -0.1) is 0 Å². The maximum atomic E-state index is 3.38. The molecular weight excluding hydrogens is 196 g/mol. The topological polar surface area (TPSA) is 15.3 Å². The van der Waals surface area contributed by atoms with E-state index in [1.54, 1.807) is 0 Å². The van der Waals surface area contributed by atoms with Crippen molar-refractivity contribution in [2.45, 2.75) is 26.8 Å². The molecule has 1 aromatic rings. The Kier molecular flexibility index (Phi) is 6.12. The Balaban J connectivity index is 0.000000606. The van der Waals surface area contributed by atoms with Crippen molar-refractivity contribution >= 4 is 0 Å². The number of nitrogens with zero attached hydrogens (tertiary/aromatic N) is 1. The molecule has 16 heavy (non-hydrogen) atoms. The molecule has 1 unspecified atom stereocenters. The zero-order valence-electron chi connectivity index (χ0n) is 10.7. The van der Waals surface area contributed by atoms with Gasteiger partial charge in [-0.2, -0.15) is 0 Å². The molecule has 1 atom stereocenters. The second-order valence-corrected chi connectivity index (χ2v) is 3.87. The predicted octanol–water partition coefficient (Wildman–Crippen LogP) is 2.68. The minimum atomic E-state index is 0.554. The quantitative estimate of drug-likeness (QED) is 0.824. The number of hydrogen-bond donors (Lipinski definition) is 1. The molecule has 0 spiro atoms. The zero-order valence-corrected chi connectivity index (χ0v) is 10.7. The molecule has 0 bridgehead atoms. The van der Waals surface area contributed by atoms with Crippen molar-refractivity contribution in [2.75, 3.05) is 26.2 Å². The zero-order chi connectivity index (χ0) is 11.8. The third-order valence-electron chi connectivity index (χ3n) is 2.98. The lowest BCUT2D eigenvalue weighted by atomic mass is 10.1. The van der Waals surface area contributed by atoms with E-state index >= 15 is 0 Å². The van der Waals surface area contributed by atoms with E-state index in [0.717, 1.165) is 26.2 Å². The molecule has 0 radical (unpaired) electrons. The fourth-order valence-electron chi connectivity index (χ4n) is 2.01. The second-order valence-electron chi connectivity index (χ2n) is 3.87. The maximum absolute atomic E-state index is 3.38. The summed E-state index contributed by atoms with van der Waals surface area (Å²) >= 11 is 0. The summed E-state index contributed by atoms with van der Waals surface area (Å²) in [6, 6.07) is 11.3. The smallest absolute Gasteiger partial charge is 0.0320 e. The Morgan fingerprint density at radius 3 is 2.19 bits per heavy atom. The summed E-state index contributed by atoms with van der Waals surface area (Å²) < 4.78 is 0. The van der Waals surface area contributed by atoms with Crippen molar-refractivity contribution in [3.05, 3.63) is 35.9 Å². The van der Waals surface area contributed by atoms with Gasteiger partial charge in [0, 0.05) is 32.2 Å². The van der Waals surface area contributed by atoms with Gasteiger partial charge in [0.05, 0.1) is 0 Å². The highest BCUT2D eigenvalue weighted by Crippen LogP contribution is 2.19. The maximum Gasteiger partial charge on any atom is 0.0320 e. The van der Waals surface area contributed by atoms with Crippen LogP contribution in [0.4, 0.5) is 0 Å². The molecule has 90 valence electrons. The fourth-order valence-corrected chi connectivity index (χ4v) is 2.01. The standard InChI is InChI=1S/C12H18N2.C2H6/c1-11(12-5-3-2-4-6-12)14-9-7-13-8-10-14;1-2/h2-6,11,13H,7-10H2,1H3;1-2H3. The first-order chi connectivity index (χ1) is 7.88. The average Bonchev–Trinajstić information content (AvgIpc) is 2.42. The van der Waals surface area contributed by atoms with Gasteiger partial charge in [0.25, 0.3) is 0 Å². The van der Waals surface area contributed by atoms with Gasteiger partial charge in [0.2, 0.25) is 0 Å². The molecule has 1 N–H and O–H groups in total. The molecule has 1 heterocycles. The van der Waals surface area contributed by atoms with Gasteiger partial charge >= 0.3 is 0 Å². The molecule has 1 aliphatic heterocycles. The summed E-state index contributed by atoms with van der Waals surface area (Å²) in [5.41, 5.74) is 1.43. The molecule has 1 fully saturated rings. The van der Waals surface area contributed by atoms with Crippen molar-refractivity contribution in [3.8, 4) is 0 Å². The first kappa shape index (κ1) is 13.2. The van der Waals surface area contributed by atoms with Crippen molar-refractivity contribution in [1.29, 1.82) is 0 Å². The van der Waals surface area contributed by atoms with Crippen LogP contribution in [0.15, 0.2) is 30.3 Å². The molecule has 2 nitrogen and oxygen atoms in total.